The lowest BCUT2D eigenvalue weighted by Crippen LogP contribution is -2.39. The highest BCUT2D eigenvalue weighted by atomic mass is 16.5. The van der Waals surface area contributed by atoms with E-state index >= 15 is 0 Å². The van der Waals surface area contributed by atoms with E-state index in [0.29, 0.717) is 0 Å². The third-order valence-electron chi connectivity index (χ3n) is 3.42. The molecule has 0 radical (unpaired) electrons. The lowest BCUT2D eigenvalue weighted by atomic mass is 10.1. The Bertz CT molecular complexity index is 179. The standard InChI is InChI=1S/C14H30N2O/c1-4-8-16(14-5-7-15-12-14)9-11-17-10-6-13(2)3/h13-15H,4-12H2,1-3H3. The maximum atomic E-state index is 5.72. The molecular formula is C14H30N2O. The molecule has 3 heteroatoms. The van der Waals surface area contributed by atoms with Gasteiger partial charge in [0.2, 0.25) is 0 Å². The van der Waals surface area contributed by atoms with Crippen LogP contribution >= 0.6 is 0 Å². The monoisotopic (exact) mass is 242 g/mol. The van der Waals surface area contributed by atoms with Gasteiger partial charge in [-0.2, -0.15) is 0 Å². The van der Waals surface area contributed by atoms with Gasteiger partial charge in [0.1, 0.15) is 0 Å². The molecule has 1 N–H and O–H groups in total. The van der Waals surface area contributed by atoms with Crippen LogP contribution in [0.1, 0.15) is 40.0 Å². The number of hydrogen-bond acceptors (Lipinski definition) is 3. The van der Waals surface area contributed by atoms with Gasteiger partial charge in [0, 0.05) is 25.7 Å². The lowest BCUT2D eigenvalue weighted by molar-refractivity contribution is 0.0835. The molecule has 1 atom stereocenters. The van der Waals surface area contributed by atoms with Crippen molar-refractivity contribution in [2.24, 2.45) is 5.92 Å². The predicted molar refractivity (Wildman–Crippen MR) is 73.4 cm³/mol. The van der Waals surface area contributed by atoms with Crippen molar-refractivity contribution in [2.45, 2.75) is 46.1 Å². The first-order valence-corrected chi connectivity index (χ1v) is 7.26. The van der Waals surface area contributed by atoms with E-state index in [-0.39, 0.29) is 0 Å². The van der Waals surface area contributed by atoms with Gasteiger partial charge in [-0.3, -0.25) is 4.90 Å². The molecule has 1 saturated heterocycles. The molecule has 1 heterocycles. The summed E-state index contributed by atoms with van der Waals surface area (Å²) in [6.45, 7) is 13.2. The van der Waals surface area contributed by atoms with Crippen molar-refractivity contribution >= 4 is 0 Å². The van der Waals surface area contributed by atoms with Crippen LogP contribution in [0.5, 0.6) is 0 Å². The van der Waals surface area contributed by atoms with Crippen LogP contribution in [0.15, 0.2) is 0 Å². The fourth-order valence-electron chi connectivity index (χ4n) is 2.32. The van der Waals surface area contributed by atoms with Crippen molar-refractivity contribution in [3.05, 3.63) is 0 Å². The van der Waals surface area contributed by atoms with Gasteiger partial charge >= 0.3 is 0 Å². The van der Waals surface area contributed by atoms with Gasteiger partial charge in [-0.1, -0.05) is 20.8 Å². The molecular weight excluding hydrogens is 212 g/mol. The van der Waals surface area contributed by atoms with Crippen LogP contribution in [0.3, 0.4) is 0 Å². The first kappa shape index (κ1) is 14.9. The Morgan fingerprint density at radius 2 is 2.12 bits per heavy atom. The van der Waals surface area contributed by atoms with E-state index in [1.54, 1.807) is 0 Å². The van der Waals surface area contributed by atoms with E-state index in [9.17, 15) is 0 Å². The molecule has 1 aliphatic heterocycles. The molecule has 1 fully saturated rings. The average Bonchev–Trinajstić information content (AvgIpc) is 2.80. The maximum Gasteiger partial charge on any atom is 0.0593 e. The molecule has 0 aliphatic carbocycles. The highest BCUT2D eigenvalue weighted by molar-refractivity contribution is 4.80. The summed E-state index contributed by atoms with van der Waals surface area (Å²) in [7, 11) is 0. The summed E-state index contributed by atoms with van der Waals surface area (Å²) < 4.78 is 5.72. The second-order valence-corrected chi connectivity index (χ2v) is 5.48. The summed E-state index contributed by atoms with van der Waals surface area (Å²) in [6.07, 6.45) is 3.72. The summed E-state index contributed by atoms with van der Waals surface area (Å²) in [4.78, 5) is 2.59. The van der Waals surface area contributed by atoms with Crippen molar-refractivity contribution in [2.75, 3.05) is 39.4 Å². The first-order valence-electron chi connectivity index (χ1n) is 7.26. The molecule has 0 aromatic heterocycles. The summed E-state index contributed by atoms with van der Waals surface area (Å²) in [5.74, 6) is 0.751. The van der Waals surface area contributed by atoms with Crippen molar-refractivity contribution in [3.8, 4) is 0 Å². The first-order chi connectivity index (χ1) is 8.24. The minimum atomic E-state index is 0.739. The molecule has 0 saturated carbocycles. The summed E-state index contributed by atoms with van der Waals surface area (Å²) in [5, 5.41) is 3.45. The molecule has 0 bridgehead atoms. The third kappa shape index (κ3) is 6.39. The Hall–Kier alpha value is -0.120. The molecule has 0 spiro atoms. The Balaban J connectivity index is 2.11. The molecule has 3 nitrogen and oxygen atoms in total. The van der Waals surface area contributed by atoms with Gasteiger partial charge in [0.15, 0.2) is 0 Å². The number of nitrogens with zero attached hydrogens (tertiary/aromatic N) is 1. The topological polar surface area (TPSA) is 24.5 Å². The number of ether oxygens (including phenoxy) is 1. The van der Waals surface area contributed by atoms with Gasteiger partial charge in [-0.05, 0) is 38.3 Å². The third-order valence-corrected chi connectivity index (χ3v) is 3.42. The van der Waals surface area contributed by atoms with Gasteiger partial charge in [0.25, 0.3) is 0 Å². The Kier molecular flexibility index (Phi) is 7.82. The zero-order chi connectivity index (χ0) is 12.5. The average molecular weight is 242 g/mol. The maximum absolute atomic E-state index is 5.72. The van der Waals surface area contributed by atoms with Crippen LogP contribution in [0.2, 0.25) is 0 Å². The van der Waals surface area contributed by atoms with Gasteiger partial charge in [-0.25, -0.2) is 0 Å². The highest BCUT2D eigenvalue weighted by Crippen LogP contribution is 2.09. The van der Waals surface area contributed by atoms with Crippen molar-refractivity contribution < 1.29 is 4.74 Å². The molecule has 102 valence electrons. The smallest absolute Gasteiger partial charge is 0.0593 e. The fraction of sp³-hybridized carbons (Fsp3) is 1.00. The highest BCUT2D eigenvalue weighted by Gasteiger charge is 2.20. The largest absolute Gasteiger partial charge is 0.380 e. The van der Waals surface area contributed by atoms with Crippen molar-refractivity contribution in [1.29, 1.82) is 0 Å². The molecule has 1 unspecified atom stereocenters. The van der Waals surface area contributed by atoms with Gasteiger partial charge < -0.3 is 10.1 Å². The molecule has 0 aromatic rings. The van der Waals surface area contributed by atoms with Crippen LogP contribution in [0.25, 0.3) is 0 Å². The van der Waals surface area contributed by atoms with Crippen LogP contribution in [-0.4, -0.2) is 50.3 Å². The number of rotatable bonds is 9. The van der Waals surface area contributed by atoms with E-state index in [1.165, 1.54) is 32.4 Å². The van der Waals surface area contributed by atoms with E-state index in [0.717, 1.165) is 38.3 Å². The Morgan fingerprint density at radius 3 is 2.71 bits per heavy atom. The molecule has 0 aromatic carbocycles. The minimum Gasteiger partial charge on any atom is -0.380 e. The Morgan fingerprint density at radius 1 is 1.29 bits per heavy atom. The SMILES string of the molecule is CCCN(CCOCCC(C)C)C1CCNC1. The number of hydrogen-bond donors (Lipinski definition) is 1. The number of nitrogens with one attached hydrogen (secondary N) is 1. The molecule has 1 aliphatic rings. The summed E-state index contributed by atoms with van der Waals surface area (Å²) in [6, 6.07) is 0.739. The lowest BCUT2D eigenvalue weighted by Gasteiger charge is -2.27. The predicted octanol–water partition coefficient (Wildman–Crippen LogP) is 2.12. The summed E-state index contributed by atoms with van der Waals surface area (Å²) in [5.41, 5.74) is 0. The van der Waals surface area contributed by atoms with E-state index in [2.05, 4.69) is 31.0 Å². The van der Waals surface area contributed by atoms with Crippen LogP contribution in [0.4, 0.5) is 0 Å². The van der Waals surface area contributed by atoms with Crippen LogP contribution in [-0.2, 0) is 4.74 Å². The van der Waals surface area contributed by atoms with E-state index < -0.39 is 0 Å². The van der Waals surface area contributed by atoms with Crippen LogP contribution in [0, 0.1) is 5.92 Å². The van der Waals surface area contributed by atoms with E-state index in [4.69, 9.17) is 4.74 Å². The van der Waals surface area contributed by atoms with Gasteiger partial charge in [0.05, 0.1) is 6.61 Å². The molecule has 0 amide bonds. The quantitative estimate of drug-likeness (QED) is 0.627. The second-order valence-electron chi connectivity index (χ2n) is 5.48. The zero-order valence-electron chi connectivity index (χ0n) is 11.9. The fourth-order valence-corrected chi connectivity index (χ4v) is 2.32. The minimum absolute atomic E-state index is 0.739. The molecule has 17 heavy (non-hydrogen) atoms. The normalized spacial score (nSPS) is 20.6. The van der Waals surface area contributed by atoms with Crippen molar-refractivity contribution in [3.63, 3.8) is 0 Å². The second kappa shape index (κ2) is 8.90. The van der Waals surface area contributed by atoms with Crippen molar-refractivity contribution in [1.82, 2.24) is 10.2 Å². The molecule has 1 rings (SSSR count). The van der Waals surface area contributed by atoms with Crippen LogP contribution < -0.4 is 5.32 Å². The Labute approximate surface area is 107 Å². The van der Waals surface area contributed by atoms with Gasteiger partial charge in [-0.15, -0.1) is 0 Å². The van der Waals surface area contributed by atoms with E-state index in [1.807, 2.05) is 0 Å². The summed E-state index contributed by atoms with van der Waals surface area (Å²) >= 11 is 0. The zero-order valence-corrected chi connectivity index (χ0v) is 11.9.